The summed E-state index contributed by atoms with van der Waals surface area (Å²) in [5.74, 6) is 0.801. The minimum Gasteiger partial charge on any atom is -0.495 e. The number of hydrogen-bond acceptors (Lipinski definition) is 3. The van der Waals surface area contributed by atoms with Crippen molar-refractivity contribution in [3.8, 4) is 11.8 Å². The third-order valence-corrected chi connectivity index (χ3v) is 4.21. The van der Waals surface area contributed by atoms with Crippen molar-refractivity contribution in [1.29, 1.82) is 5.26 Å². The summed E-state index contributed by atoms with van der Waals surface area (Å²) >= 11 is 0. The molecule has 0 unspecified atom stereocenters. The maximum atomic E-state index is 9.22. The molecule has 0 atom stereocenters. The maximum Gasteiger partial charge on any atom is 0.143 e. The summed E-state index contributed by atoms with van der Waals surface area (Å²) in [7, 11) is 1.66. The SMILES string of the molecule is CCC1(CC)CN(c2c(C#N)cccc2OC)C1. The van der Waals surface area contributed by atoms with Gasteiger partial charge in [0.2, 0.25) is 0 Å². The van der Waals surface area contributed by atoms with E-state index in [2.05, 4.69) is 24.8 Å². The number of rotatable bonds is 4. The van der Waals surface area contributed by atoms with Crippen LogP contribution in [0.15, 0.2) is 18.2 Å². The monoisotopic (exact) mass is 244 g/mol. The summed E-state index contributed by atoms with van der Waals surface area (Å²) in [6, 6.07) is 7.91. The van der Waals surface area contributed by atoms with Crippen molar-refractivity contribution in [1.82, 2.24) is 0 Å². The Bertz CT molecular complexity index is 464. The third-order valence-electron chi connectivity index (χ3n) is 4.21. The molecule has 1 aliphatic heterocycles. The van der Waals surface area contributed by atoms with E-state index in [0.717, 1.165) is 24.5 Å². The van der Waals surface area contributed by atoms with Gasteiger partial charge in [-0.05, 0) is 25.0 Å². The number of benzene rings is 1. The Hall–Kier alpha value is -1.69. The van der Waals surface area contributed by atoms with Gasteiger partial charge in [0, 0.05) is 18.5 Å². The predicted octanol–water partition coefficient (Wildman–Crippen LogP) is 3.19. The van der Waals surface area contributed by atoms with Crippen molar-refractivity contribution in [2.45, 2.75) is 26.7 Å². The normalized spacial score (nSPS) is 16.9. The maximum absolute atomic E-state index is 9.22. The average molecular weight is 244 g/mol. The van der Waals surface area contributed by atoms with E-state index < -0.39 is 0 Å². The summed E-state index contributed by atoms with van der Waals surface area (Å²) in [6.07, 6.45) is 2.38. The number of nitriles is 1. The number of nitrogens with zero attached hydrogens (tertiary/aromatic N) is 2. The molecule has 1 aliphatic rings. The van der Waals surface area contributed by atoms with Crippen LogP contribution in [0.3, 0.4) is 0 Å². The second-order valence-electron chi connectivity index (χ2n) is 5.03. The number of hydrogen-bond donors (Lipinski definition) is 0. The predicted molar refractivity (Wildman–Crippen MR) is 72.9 cm³/mol. The zero-order valence-electron chi connectivity index (χ0n) is 11.4. The molecule has 1 heterocycles. The van der Waals surface area contributed by atoms with Gasteiger partial charge in [0.25, 0.3) is 0 Å². The molecule has 0 amide bonds. The number of para-hydroxylation sites is 1. The molecule has 1 fully saturated rings. The summed E-state index contributed by atoms with van der Waals surface area (Å²) in [4.78, 5) is 2.27. The van der Waals surface area contributed by atoms with Crippen LogP contribution in [0.4, 0.5) is 5.69 Å². The van der Waals surface area contributed by atoms with Gasteiger partial charge < -0.3 is 9.64 Å². The zero-order valence-corrected chi connectivity index (χ0v) is 11.4. The lowest BCUT2D eigenvalue weighted by molar-refractivity contribution is 0.193. The molecule has 1 saturated heterocycles. The van der Waals surface area contributed by atoms with Crippen LogP contribution in [0.2, 0.25) is 0 Å². The number of ether oxygens (including phenoxy) is 1. The molecular weight excluding hydrogens is 224 g/mol. The van der Waals surface area contributed by atoms with Crippen molar-refractivity contribution in [3.05, 3.63) is 23.8 Å². The van der Waals surface area contributed by atoms with Gasteiger partial charge in [-0.15, -0.1) is 0 Å². The van der Waals surface area contributed by atoms with Crippen molar-refractivity contribution >= 4 is 5.69 Å². The quantitative estimate of drug-likeness (QED) is 0.816. The highest BCUT2D eigenvalue weighted by atomic mass is 16.5. The van der Waals surface area contributed by atoms with Gasteiger partial charge in [-0.25, -0.2) is 0 Å². The highest BCUT2D eigenvalue weighted by Gasteiger charge is 2.41. The van der Waals surface area contributed by atoms with Crippen molar-refractivity contribution in [2.75, 3.05) is 25.1 Å². The topological polar surface area (TPSA) is 36.3 Å². The molecule has 0 aromatic heterocycles. The standard InChI is InChI=1S/C15H20N2O/c1-4-15(5-2)10-17(11-15)14-12(9-16)7-6-8-13(14)18-3/h6-8H,4-5,10-11H2,1-3H3. The third kappa shape index (κ3) is 1.92. The second kappa shape index (κ2) is 4.89. The lowest BCUT2D eigenvalue weighted by Gasteiger charge is -2.51. The molecule has 0 aliphatic carbocycles. The van der Waals surface area contributed by atoms with E-state index in [1.54, 1.807) is 7.11 Å². The van der Waals surface area contributed by atoms with Crippen LogP contribution in [0.1, 0.15) is 32.3 Å². The fourth-order valence-electron chi connectivity index (χ4n) is 2.72. The molecule has 0 radical (unpaired) electrons. The summed E-state index contributed by atoms with van der Waals surface area (Å²) < 4.78 is 5.39. The van der Waals surface area contributed by atoms with Crippen molar-refractivity contribution in [3.63, 3.8) is 0 Å². The molecule has 18 heavy (non-hydrogen) atoms. The van der Waals surface area contributed by atoms with E-state index in [4.69, 9.17) is 4.74 Å². The van der Waals surface area contributed by atoms with Crippen LogP contribution in [0.25, 0.3) is 0 Å². The Kier molecular flexibility index (Phi) is 3.47. The molecule has 1 aromatic rings. The molecule has 3 nitrogen and oxygen atoms in total. The van der Waals surface area contributed by atoms with E-state index in [1.807, 2.05) is 18.2 Å². The van der Waals surface area contributed by atoms with E-state index in [-0.39, 0.29) is 0 Å². The van der Waals surface area contributed by atoms with Crippen molar-refractivity contribution in [2.24, 2.45) is 5.41 Å². The minimum atomic E-state index is 0.424. The van der Waals surface area contributed by atoms with E-state index in [1.165, 1.54) is 12.8 Å². The Morgan fingerprint density at radius 3 is 2.50 bits per heavy atom. The van der Waals surface area contributed by atoms with Crippen LogP contribution >= 0.6 is 0 Å². The molecule has 1 aromatic carbocycles. The zero-order chi connectivity index (χ0) is 13.2. The highest BCUT2D eigenvalue weighted by molar-refractivity contribution is 5.69. The second-order valence-corrected chi connectivity index (χ2v) is 5.03. The smallest absolute Gasteiger partial charge is 0.143 e. The average Bonchev–Trinajstić information content (AvgIpc) is 2.38. The largest absolute Gasteiger partial charge is 0.495 e. The van der Waals surface area contributed by atoms with Gasteiger partial charge in [0.05, 0.1) is 18.4 Å². The minimum absolute atomic E-state index is 0.424. The first-order valence-electron chi connectivity index (χ1n) is 6.51. The highest BCUT2D eigenvalue weighted by Crippen LogP contribution is 2.44. The first-order chi connectivity index (χ1) is 8.69. The first kappa shape index (κ1) is 12.8. The molecule has 96 valence electrons. The summed E-state index contributed by atoms with van der Waals surface area (Å²) in [6.45, 7) is 6.53. The van der Waals surface area contributed by atoms with E-state index in [0.29, 0.717) is 11.0 Å². The van der Waals surface area contributed by atoms with Gasteiger partial charge in [0.15, 0.2) is 0 Å². The van der Waals surface area contributed by atoms with Gasteiger partial charge in [-0.2, -0.15) is 5.26 Å². The van der Waals surface area contributed by atoms with Crippen LogP contribution in [-0.4, -0.2) is 20.2 Å². The number of anilines is 1. The molecule has 2 rings (SSSR count). The van der Waals surface area contributed by atoms with E-state index in [9.17, 15) is 5.26 Å². The van der Waals surface area contributed by atoms with Gasteiger partial charge in [-0.1, -0.05) is 19.9 Å². The Labute approximate surface area is 109 Å². The molecule has 3 heteroatoms. The van der Waals surface area contributed by atoms with Crippen LogP contribution < -0.4 is 9.64 Å². The summed E-state index contributed by atoms with van der Waals surface area (Å²) in [5, 5.41) is 9.22. The molecule has 0 N–H and O–H groups in total. The van der Waals surface area contributed by atoms with Crippen LogP contribution in [0.5, 0.6) is 5.75 Å². The Morgan fingerprint density at radius 1 is 1.33 bits per heavy atom. The fraction of sp³-hybridized carbons (Fsp3) is 0.533. The Balaban J connectivity index is 2.28. The lowest BCUT2D eigenvalue weighted by atomic mass is 9.74. The van der Waals surface area contributed by atoms with E-state index >= 15 is 0 Å². The molecule has 0 bridgehead atoms. The first-order valence-corrected chi connectivity index (χ1v) is 6.51. The van der Waals surface area contributed by atoms with Crippen LogP contribution in [-0.2, 0) is 0 Å². The molecule has 0 spiro atoms. The lowest BCUT2D eigenvalue weighted by Crippen LogP contribution is -2.56. The van der Waals surface area contributed by atoms with Gasteiger partial charge >= 0.3 is 0 Å². The number of methoxy groups -OCH3 is 1. The van der Waals surface area contributed by atoms with Gasteiger partial charge in [-0.3, -0.25) is 0 Å². The van der Waals surface area contributed by atoms with Gasteiger partial charge in [0.1, 0.15) is 11.8 Å². The summed E-state index contributed by atoms with van der Waals surface area (Å²) in [5.41, 5.74) is 2.09. The molecular formula is C15H20N2O. The molecule has 0 saturated carbocycles. The fourth-order valence-corrected chi connectivity index (χ4v) is 2.72. The Morgan fingerprint density at radius 2 is 2.00 bits per heavy atom. The van der Waals surface area contributed by atoms with Crippen LogP contribution in [0, 0.1) is 16.7 Å². The van der Waals surface area contributed by atoms with Crippen molar-refractivity contribution < 1.29 is 4.74 Å².